The zero-order valence-electron chi connectivity index (χ0n) is 14.0. The minimum atomic E-state index is -0.235. The lowest BCUT2D eigenvalue weighted by molar-refractivity contribution is -0.0322. The number of piperidine rings is 1. The number of nitrogens with zero attached hydrogens (tertiary/aromatic N) is 1. The second-order valence-electron chi connectivity index (χ2n) is 6.24. The van der Waals surface area contributed by atoms with Crippen molar-refractivity contribution in [3.8, 4) is 12.3 Å². The van der Waals surface area contributed by atoms with E-state index in [9.17, 15) is 4.79 Å². The average Bonchev–Trinajstić information content (AvgIpc) is 2.61. The Morgan fingerprint density at radius 3 is 2.71 bits per heavy atom. The summed E-state index contributed by atoms with van der Waals surface area (Å²) in [4.78, 5) is 17.4. The van der Waals surface area contributed by atoms with Gasteiger partial charge in [0.2, 0.25) is 0 Å². The summed E-state index contributed by atoms with van der Waals surface area (Å²) in [7, 11) is 1.77. The van der Waals surface area contributed by atoms with Gasteiger partial charge in [-0.25, -0.2) is 0 Å². The molecule has 4 nitrogen and oxygen atoms in total. The molecule has 3 rings (SSSR count). The van der Waals surface area contributed by atoms with Gasteiger partial charge in [0.15, 0.2) is 0 Å². The van der Waals surface area contributed by atoms with Gasteiger partial charge in [0.05, 0.1) is 16.8 Å². The van der Waals surface area contributed by atoms with Crippen molar-refractivity contribution in [3.63, 3.8) is 0 Å². The quantitative estimate of drug-likeness (QED) is 0.866. The molecular formula is C19H21ClN2O2. The molecule has 0 unspecified atom stereocenters. The van der Waals surface area contributed by atoms with E-state index in [1.165, 1.54) is 0 Å². The van der Waals surface area contributed by atoms with Crippen LogP contribution in [-0.2, 0) is 4.74 Å². The lowest BCUT2D eigenvalue weighted by atomic mass is 9.88. The number of aromatic amines is 1. The molecule has 1 fully saturated rings. The molecule has 126 valence electrons. The highest BCUT2D eigenvalue weighted by Gasteiger charge is 2.34. The van der Waals surface area contributed by atoms with Crippen molar-refractivity contribution >= 4 is 28.2 Å². The predicted molar refractivity (Wildman–Crippen MR) is 99.0 cm³/mol. The summed E-state index contributed by atoms with van der Waals surface area (Å²) < 4.78 is 5.74. The Morgan fingerprint density at radius 2 is 2.12 bits per heavy atom. The van der Waals surface area contributed by atoms with Crippen LogP contribution < -0.4 is 10.5 Å². The number of hydrogen-bond acceptors (Lipinski definition) is 3. The Labute approximate surface area is 146 Å². The van der Waals surface area contributed by atoms with E-state index in [1.807, 2.05) is 12.1 Å². The summed E-state index contributed by atoms with van der Waals surface area (Å²) in [6.45, 7) is 3.73. The van der Waals surface area contributed by atoms with Crippen LogP contribution in [0.4, 0.5) is 5.69 Å². The Kier molecular flexibility index (Phi) is 4.58. The molecule has 0 amide bonds. The molecule has 1 aromatic carbocycles. The van der Waals surface area contributed by atoms with Gasteiger partial charge in [-0.2, -0.15) is 0 Å². The number of halogens is 1. The van der Waals surface area contributed by atoms with Crippen molar-refractivity contribution in [1.29, 1.82) is 0 Å². The lowest BCUT2D eigenvalue weighted by Crippen LogP contribution is -2.46. The van der Waals surface area contributed by atoms with E-state index in [2.05, 4.69) is 22.7 Å². The number of benzene rings is 1. The van der Waals surface area contributed by atoms with Crippen LogP contribution in [-0.4, -0.2) is 30.8 Å². The van der Waals surface area contributed by atoms with Gasteiger partial charge in [0.25, 0.3) is 5.56 Å². The molecule has 0 bridgehead atoms. The van der Waals surface area contributed by atoms with Crippen LogP contribution in [0.1, 0.15) is 31.7 Å². The Bertz CT molecular complexity index is 852. The van der Waals surface area contributed by atoms with E-state index in [1.54, 1.807) is 13.2 Å². The average molecular weight is 345 g/mol. The highest BCUT2D eigenvalue weighted by molar-refractivity contribution is 6.31. The molecule has 0 aliphatic carbocycles. The van der Waals surface area contributed by atoms with E-state index in [4.69, 9.17) is 22.8 Å². The number of H-pyrrole nitrogens is 1. The van der Waals surface area contributed by atoms with E-state index >= 15 is 0 Å². The third kappa shape index (κ3) is 2.79. The first-order valence-corrected chi connectivity index (χ1v) is 8.53. The molecule has 0 radical (unpaired) electrons. The summed E-state index contributed by atoms with van der Waals surface area (Å²) in [6, 6.07) is 5.45. The number of hydrogen-bond donors (Lipinski definition) is 1. The van der Waals surface area contributed by atoms with Crippen molar-refractivity contribution in [1.82, 2.24) is 4.98 Å². The number of nitrogens with one attached hydrogen (secondary N) is 1. The number of fused-ring (bicyclic) bond motifs is 1. The minimum absolute atomic E-state index is 0.0819. The van der Waals surface area contributed by atoms with Crippen molar-refractivity contribution in [2.45, 2.75) is 31.8 Å². The molecule has 0 spiro atoms. The number of ether oxygens (including phenoxy) is 1. The highest BCUT2D eigenvalue weighted by Crippen LogP contribution is 2.35. The van der Waals surface area contributed by atoms with Gasteiger partial charge in [-0.3, -0.25) is 4.79 Å². The van der Waals surface area contributed by atoms with E-state index < -0.39 is 0 Å². The van der Waals surface area contributed by atoms with Gasteiger partial charge in [-0.05, 0) is 37.5 Å². The van der Waals surface area contributed by atoms with Crippen molar-refractivity contribution in [2.75, 3.05) is 25.1 Å². The van der Waals surface area contributed by atoms with E-state index in [0.29, 0.717) is 10.6 Å². The van der Waals surface area contributed by atoms with Crippen LogP contribution >= 0.6 is 11.6 Å². The molecule has 1 aromatic heterocycles. The monoisotopic (exact) mass is 344 g/mol. The number of rotatable bonds is 3. The smallest absolute Gasteiger partial charge is 0.266 e. The van der Waals surface area contributed by atoms with Crippen molar-refractivity contribution in [2.24, 2.45) is 0 Å². The second-order valence-corrected chi connectivity index (χ2v) is 6.68. The molecule has 24 heavy (non-hydrogen) atoms. The number of anilines is 1. The number of terminal acetylenes is 1. The third-order valence-electron chi connectivity index (χ3n) is 5.16. The fourth-order valence-electron chi connectivity index (χ4n) is 3.55. The minimum Gasteiger partial charge on any atom is -0.378 e. The van der Waals surface area contributed by atoms with Crippen LogP contribution in [0.5, 0.6) is 0 Å². The summed E-state index contributed by atoms with van der Waals surface area (Å²) in [5, 5.41) is 1.51. The first-order valence-electron chi connectivity index (χ1n) is 8.16. The first kappa shape index (κ1) is 16.9. The van der Waals surface area contributed by atoms with Crippen LogP contribution in [0.15, 0.2) is 23.0 Å². The molecule has 0 saturated carbocycles. The number of pyridine rings is 1. The molecule has 2 heterocycles. The van der Waals surface area contributed by atoms with E-state index in [-0.39, 0.29) is 11.2 Å². The SMILES string of the molecule is C#Cc1c(N2CCC(CC)(OC)CC2)c2cc(Cl)ccc2[nH]c1=O. The molecule has 1 aliphatic heterocycles. The maximum atomic E-state index is 12.4. The summed E-state index contributed by atoms with van der Waals surface area (Å²) in [6.07, 6.45) is 8.42. The first-order chi connectivity index (χ1) is 11.5. The van der Waals surface area contributed by atoms with Gasteiger partial charge in [0.1, 0.15) is 5.56 Å². The molecule has 1 aliphatic rings. The van der Waals surface area contributed by atoms with Crippen molar-refractivity contribution < 1.29 is 4.74 Å². The molecule has 1 N–H and O–H groups in total. The second kappa shape index (κ2) is 6.51. The molecule has 5 heteroatoms. The summed E-state index contributed by atoms with van der Waals surface area (Å²) in [5.41, 5.74) is 1.60. The third-order valence-corrected chi connectivity index (χ3v) is 5.40. The zero-order valence-corrected chi connectivity index (χ0v) is 14.7. The normalized spacial score (nSPS) is 17.0. The van der Waals surface area contributed by atoms with Gasteiger partial charge in [-0.1, -0.05) is 24.4 Å². The maximum absolute atomic E-state index is 12.4. The van der Waals surface area contributed by atoms with Gasteiger partial charge < -0.3 is 14.6 Å². The van der Waals surface area contributed by atoms with Gasteiger partial charge in [0, 0.05) is 30.6 Å². The Morgan fingerprint density at radius 1 is 1.42 bits per heavy atom. The fourth-order valence-corrected chi connectivity index (χ4v) is 3.72. The summed E-state index contributed by atoms with van der Waals surface area (Å²) in [5.74, 6) is 2.56. The predicted octanol–water partition coefficient (Wildman–Crippen LogP) is 3.56. The Balaban J connectivity index is 2.11. The van der Waals surface area contributed by atoms with Crippen LogP contribution in [0.25, 0.3) is 10.9 Å². The number of aromatic nitrogens is 1. The molecular weight excluding hydrogens is 324 g/mol. The highest BCUT2D eigenvalue weighted by atomic mass is 35.5. The van der Waals surface area contributed by atoms with Crippen molar-refractivity contribution in [3.05, 3.63) is 39.1 Å². The van der Waals surface area contributed by atoms with Gasteiger partial charge >= 0.3 is 0 Å². The van der Waals surface area contributed by atoms with E-state index in [0.717, 1.165) is 48.9 Å². The van der Waals surface area contributed by atoms with Crippen LogP contribution in [0.3, 0.4) is 0 Å². The van der Waals surface area contributed by atoms with Gasteiger partial charge in [-0.15, -0.1) is 6.42 Å². The number of methoxy groups -OCH3 is 1. The molecule has 0 atom stereocenters. The molecule has 2 aromatic rings. The lowest BCUT2D eigenvalue weighted by Gasteiger charge is -2.41. The van der Waals surface area contributed by atoms with Crippen LogP contribution in [0.2, 0.25) is 5.02 Å². The summed E-state index contributed by atoms with van der Waals surface area (Å²) >= 11 is 6.17. The molecule has 1 saturated heterocycles. The maximum Gasteiger partial charge on any atom is 0.266 e. The van der Waals surface area contributed by atoms with Crippen LogP contribution in [0, 0.1) is 12.3 Å². The topological polar surface area (TPSA) is 45.3 Å². The largest absolute Gasteiger partial charge is 0.378 e. The zero-order chi connectivity index (χ0) is 17.3. The standard InChI is InChI=1S/C19H21ClN2O2/c1-4-14-17(22-10-8-19(5-2,24-3)9-11-22)15-12-13(20)6-7-16(15)21-18(14)23/h1,6-7,12H,5,8-11H2,2-3H3,(H,21,23). The Hall–Kier alpha value is -1.96. The fraction of sp³-hybridized carbons (Fsp3) is 0.421.